The summed E-state index contributed by atoms with van der Waals surface area (Å²) in [6.45, 7) is 0. The molecule has 162 valence electrons. The van der Waals surface area contributed by atoms with Crippen molar-refractivity contribution in [1.82, 2.24) is 4.57 Å². The smallest absolute Gasteiger partial charge is 0.277 e. The number of sulfonamides is 2. The Morgan fingerprint density at radius 3 is 2.35 bits per heavy atom. The molecule has 0 aliphatic rings. The van der Waals surface area contributed by atoms with Gasteiger partial charge in [0.2, 0.25) is 10.0 Å². The lowest BCUT2D eigenvalue weighted by Crippen LogP contribution is -2.17. The van der Waals surface area contributed by atoms with Crippen LogP contribution in [0.5, 0.6) is 0 Å². The fourth-order valence-corrected chi connectivity index (χ4v) is 6.74. The van der Waals surface area contributed by atoms with Crippen LogP contribution in [-0.2, 0) is 20.0 Å². The van der Waals surface area contributed by atoms with E-state index >= 15 is 0 Å². The molecule has 0 atom stereocenters. The van der Waals surface area contributed by atoms with Gasteiger partial charge in [-0.3, -0.25) is 14.1 Å². The maximum atomic E-state index is 12.8. The Morgan fingerprint density at radius 1 is 1.00 bits per heavy atom. The number of hydrogen-bond donors (Lipinski definition) is 2. The number of nitrogens with two attached hydrogens (primary N) is 1. The van der Waals surface area contributed by atoms with Crippen molar-refractivity contribution < 1.29 is 16.8 Å². The number of fused-ring (bicyclic) bond motifs is 1. The standard InChI is InChI=1S/C17H11Cl2N3O5S4/c18-10-7-12(21-31(26,27)16-2-1-5-28-16)14(8-11(10)19)22-13-4-3-9(30(20,24)25)6-15(13)29-17(22)23/h1-8,21H,(H2,20,24,25). The van der Waals surface area contributed by atoms with E-state index in [0.717, 1.165) is 22.7 Å². The van der Waals surface area contributed by atoms with E-state index in [9.17, 15) is 21.6 Å². The van der Waals surface area contributed by atoms with Crippen molar-refractivity contribution in [2.24, 2.45) is 5.14 Å². The van der Waals surface area contributed by atoms with Crippen LogP contribution < -0.4 is 14.7 Å². The van der Waals surface area contributed by atoms with E-state index in [4.69, 9.17) is 28.3 Å². The molecule has 0 saturated heterocycles. The van der Waals surface area contributed by atoms with Gasteiger partial charge in [0.25, 0.3) is 10.0 Å². The topological polar surface area (TPSA) is 128 Å². The minimum atomic E-state index is -3.97. The number of nitrogens with one attached hydrogen (secondary N) is 1. The first-order valence-electron chi connectivity index (χ1n) is 8.21. The molecule has 4 rings (SSSR count). The molecule has 0 saturated carbocycles. The zero-order valence-corrected chi connectivity index (χ0v) is 19.9. The number of thiophene rings is 1. The average Bonchev–Trinajstić information content (AvgIpc) is 3.31. The molecule has 3 N–H and O–H groups in total. The number of halogens is 2. The second-order valence-corrected chi connectivity index (χ2v) is 12.4. The van der Waals surface area contributed by atoms with Crippen molar-refractivity contribution >= 4 is 81.8 Å². The Labute approximate surface area is 194 Å². The Hall–Kier alpha value is -1.93. The van der Waals surface area contributed by atoms with Crippen LogP contribution in [0.2, 0.25) is 10.0 Å². The molecule has 2 aromatic heterocycles. The predicted molar refractivity (Wildman–Crippen MR) is 124 cm³/mol. The predicted octanol–water partition coefficient (Wildman–Crippen LogP) is 3.87. The Bertz CT molecular complexity index is 1590. The van der Waals surface area contributed by atoms with Crippen LogP contribution >= 0.6 is 45.9 Å². The molecule has 0 unspecified atom stereocenters. The Balaban J connectivity index is 1.95. The first kappa shape index (κ1) is 22.3. The zero-order valence-electron chi connectivity index (χ0n) is 15.1. The molecule has 2 aromatic carbocycles. The number of rotatable bonds is 5. The van der Waals surface area contributed by atoms with Crippen LogP contribution in [0, 0.1) is 0 Å². The maximum Gasteiger partial charge on any atom is 0.312 e. The van der Waals surface area contributed by atoms with Crippen LogP contribution in [0.3, 0.4) is 0 Å². The summed E-state index contributed by atoms with van der Waals surface area (Å²) in [6, 6.07) is 9.64. The van der Waals surface area contributed by atoms with E-state index in [2.05, 4.69) is 4.72 Å². The van der Waals surface area contributed by atoms with E-state index in [0.29, 0.717) is 10.2 Å². The fraction of sp³-hybridized carbons (Fsp3) is 0. The van der Waals surface area contributed by atoms with Gasteiger partial charge in [-0.25, -0.2) is 22.0 Å². The zero-order chi connectivity index (χ0) is 22.6. The van der Waals surface area contributed by atoms with Crippen molar-refractivity contribution in [1.29, 1.82) is 0 Å². The van der Waals surface area contributed by atoms with Crippen LogP contribution in [-0.4, -0.2) is 21.4 Å². The normalized spacial score (nSPS) is 12.4. The Kier molecular flexibility index (Phi) is 5.67. The van der Waals surface area contributed by atoms with E-state index < -0.39 is 24.9 Å². The molecular weight excluding hydrogens is 525 g/mol. The number of anilines is 1. The van der Waals surface area contributed by atoms with Gasteiger partial charge in [-0.1, -0.05) is 40.6 Å². The van der Waals surface area contributed by atoms with Crippen molar-refractivity contribution in [3.8, 4) is 5.69 Å². The van der Waals surface area contributed by atoms with Gasteiger partial charge in [0.1, 0.15) is 4.21 Å². The third kappa shape index (κ3) is 4.24. The maximum absolute atomic E-state index is 12.8. The highest BCUT2D eigenvalue weighted by Gasteiger charge is 2.22. The summed E-state index contributed by atoms with van der Waals surface area (Å²) >= 11 is 14.0. The summed E-state index contributed by atoms with van der Waals surface area (Å²) in [5.74, 6) is 0. The molecule has 0 aliphatic heterocycles. The quantitative estimate of drug-likeness (QED) is 0.400. The van der Waals surface area contributed by atoms with Crippen molar-refractivity contribution in [3.63, 3.8) is 0 Å². The van der Waals surface area contributed by atoms with Crippen molar-refractivity contribution in [3.05, 3.63) is 67.6 Å². The SMILES string of the molecule is NS(=O)(=O)c1ccc2c(c1)sc(=O)n2-c1cc(Cl)c(Cl)cc1NS(=O)(=O)c1cccs1. The van der Waals surface area contributed by atoms with Gasteiger partial charge in [0.05, 0.1) is 36.5 Å². The van der Waals surface area contributed by atoms with E-state index in [1.807, 2.05) is 0 Å². The largest absolute Gasteiger partial charge is 0.312 e. The molecule has 0 fully saturated rings. The summed E-state index contributed by atoms with van der Waals surface area (Å²) in [6.07, 6.45) is 0. The van der Waals surface area contributed by atoms with Crippen molar-refractivity contribution in [2.45, 2.75) is 9.10 Å². The summed E-state index contributed by atoms with van der Waals surface area (Å²) in [5.41, 5.74) is 0.506. The van der Waals surface area contributed by atoms with Gasteiger partial charge in [-0.15, -0.1) is 11.3 Å². The van der Waals surface area contributed by atoms with Gasteiger partial charge in [-0.2, -0.15) is 0 Å². The molecule has 8 nitrogen and oxygen atoms in total. The van der Waals surface area contributed by atoms with Crippen LogP contribution in [0.1, 0.15) is 0 Å². The number of primary sulfonamides is 1. The number of benzene rings is 2. The highest BCUT2D eigenvalue weighted by Crippen LogP contribution is 2.35. The average molecular weight is 536 g/mol. The van der Waals surface area contributed by atoms with Crippen LogP contribution in [0.15, 0.2) is 61.7 Å². The number of aromatic nitrogens is 1. The van der Waals surface area contributed by atoms with Crippen molar-refractivity contribution in [2.75, 3.05) is 4.72 Å². The molecule has 0 spiro atoms. The van der Waals surface area contributed by atoms with Gasteiger partial charge in [-0.05, 0) is 41.8 Å². The van der Waals surface area contributed by atoms with E-state index in [-0.39, 0.29) is 30.5 Å². The molecule has 0 bridgehead atoms. The second kappa shape index (κ2) is 7.89. The minimum Gasteiger partial charge on any atom is -0.277 e. The van der Waals surface area contributed by atoms with Gasteiger partial charge < -0.3 is 0 Å². The first-order chi connectivity index (χ1) is 14.5. The second-order valence-electron chi connectivity index (χ2n) is 6.20. The summed E-state index contributed by atoms with van der Waals surface area (Å²) in [4.78, 5) is 12.2. The highest BCUT2D eigenvalue weighted by atomic mass is 35.5. The van der Waals surface area contributed by atoms with Gasteiger partial charge in [0.15, 0.2) is 0 Å². The monoisotopic (exact) mass is 535 g/mol. The third-order valence-corrected chi connectivity index (χ3v) is 9.46. The van der Waals surface area contributed by atoms with E-state index in [1.54, 1.807) is 11.4 Å². The number of thiazole rings is 1. The molecule has 31 heavy (non-hydrogen) atoms. The fourth-order valence-electron chi connectivity index (χ4n) is 2.82. The van der Waals surface area contributed by atoms with Crippen LogP contribution in [0.4, 0.5) is 5.69 Å². The molecule has 0 aliphatic carbocycles. The third-order valence-electron chi connectivity index (χ3n) is 4.16. The summed E-state index contributed by atoms with van der Waals surface area (Å²) < 4.78 is 52.8. The highest BCUT2D eigenvalue weighted by molar-refractivity contribution is 7.94. The lowest BCUT2D eigenvalue weighted by Gasteiger charge is -2.14. The molecule has 0 radical (unpaired) electrons. The lowest BCUT2D eigenvalue weighted by atomic mass is 10.2. The summed E-state index contributed by atoms with van der Waals surface area (Å²) in [7, 11) is -7.91. The van der Waals surface area contributed by atoms with Crippen LogP contribution in [0.25, 0.3) is 15.9 Å². The molecule has 14 heteroatoms. The molecule has 4 aromatic rings. The van der Waals surface area contributed by atoms with Gasteiger partial charge >= 0.3 is 4.87 Å². The Morgan fingerprint density at radius 2 is 1.71 bits per heavy atom. The summed E-state index contributed by atoms with van der Waals surface area (Å²) in [5, 5.41) is 6.96. The molecule has 0 amide bonds. The van der Waals surface area contributed by atoms with Gasteiger partial charge in [0, 0.05) is 0 Å². The first-order valence-corrected chi connectivity index (χ1v) is 13.7. The molecular formula is C17H11Cl2N3O5S4. The minimum absolute atomic E-state index is 0.0279. The lowest BCUT2D eigenvalue weighted by molar-refractivity contribution is 0.597. The number of hydrogen-bond acceptors (Lipinski definition) is 7. The number of nitrogens with zero attached hydrogens (tertiary/aromatic N) is 1. The van der Waals surface area contributed by atoms with E-state index in [1.165, 1.54) is 41.0 Å². The molecule has 2 heterocycles.